The number of alkyl halides is 4. The SMILES string of the molecule is C=C1CC=C(C)C(C(=O)NCC(c2cnc(C(F)(F)F)nc2)N2CCC(F)CC2)=C1C1CC1. The average Bonchev–Trinajstić information content (AvgIpc) is 3.61. The molecule has 5 nitrogen and oxygen atoms in total. The van der Waals surface area contributed by atoms with Crippen LogP contribution in [0.2, 0.25) is 0 Å². The van der Waals surface area contributed by atoms with Crippen molar-refractivity contribution in [3.8, 4) is 0 Å². The molecule has 178 valence electrons. The highest BCUT2D eigenvalue weighted by Crippen LogP contribution is 2.45. The number of carbonyl (C=O) groups is 1. The van der Waals surface area contributed by atoms with Crippen LogP contribution in [0.15, 0.2) is 47.3 Å². The smallest absolute Gasteiger partial charge is 0.350 e. The molecule has 2 fully saturated rings. The number of carbonyl (C=O) groups excluding carboxylic acids is 1. The number of hydrogen-bond acceptors (Lipinski definition) is 4. The number of nitrogens with one attached hydrogen (secondary N) is 1. The fourth-order valence-corrected chi connectivity index (χ4v) is 4.62. The molecule has 2 aliphatic carbocycles. The van der Waals surface area contributed by atoms with Gasteiger partial charge in [0.05, 0.1) is 6.04 Å². The van der Waals surface area contributed by atoms with E-state index in [4.69, 9.17) is 0 Å². The van der Waals surface area contributed by atoms with Crippen molar-refractivity contribution in [2.24, 2.45) is 5.92 Å². The molecule has 33 heavy (non-hydrogen) atoms. The van der Waals surface area contributed by atoms with Gasteiger partial charge in [-0.1, -0.05) is 12.7 Å². The minimum Gasteiger partial charge on any atom is -0.350 e. The molecular weight excluding hydrogens is 436 g/mol. The summed E-state index contributed by atoms with van der Waals surface area (Å²) in [5.74, 6) is -1.06. The minimum atomic E-state index is -4.63. The second-order valence-corrected chi connectivity index (χ2v) is 9.03. The van der Waals surface area contributed by atoms with Crippen LogP contribution in [0.1, 0.15) is 56.5 Å². The monoisotopic (exact) mass is 464 g/mol. The number of rotatable bonds is 6. The van der Waals surface area contributed by atoms with Crippen molar-refractivity contribution in [1.29, 1.82) is 0 Å². The molecule has 0 radical (unpaired) electrons. The average molecular weight is 465 g/mol. The van der Waals surface area contributed by atoms with Crippen LogP contribution in [0.5, 0.6) is 0 Å². The maximum absolute atomic E-state index is 13.7. The molecule has 1 atom stereocenters. The summed E-state index contributed by atoms with van der Waals surface area (Å²) in [5.41, 5.74) is 4.01. The Hall–Kier alpha value is -2.55. The van der Waals surface area contributed by atoms with Crippen molar-refractivity contribution < 1.29 is 22.4 Å². The summed E-state index contributed by atoms with van der Waals surface area (Å²) in [7, 11) is 0. The van der Waals surface area contributed by atoms with E-state index in [0.29, 0.717) is 43.0 Å². The van der Waals surface area contributed by atoms with E-state index in [-0.39, 0.29) is 12.5 Å². The van der Waals surface area contributed by atoms with Gasteiger partial charge in [-0.05, 0) is 61.7 Å². The zero-order valence-electron chi connectivity index (χ0n) is 18.6. The first-order valence-electron chi connectivity index (χ1n) is 11.3. The normalized spacial score (nSPS) is 21.7. The summed E-state index contributed by atoms with van der Waals surface area (Å²) in [6.07, 6.45) is 2.27. The van der Waals surface area contributed by atoms with E-state index < -0.39 is 24.2 Å². The molecule has 2 heterocycles. The molecule has 0 spiro atoms. The first kappa shape index (κ1) is 23.6. The van der Waals surface area contributed by atoms with Gasteiger partial charge in [-0.15, -0.1) is 0 Å². The lowest BCUT2D eigenvalue weighted by atomic mass is 9.85. The molecule has 9 heteroatoms. The van der Waals surface area contributed by atoms with Gasteiger partial charge in [0.15, 0.2) is 0 Å². The molecule has 1 aromatic heterocycles. The summed E-state index contributed by atoms with van der Waals surface area (Å²) in [4.78, 5) is 22.2. The third kappa shape index (κ3) is 5.34. The first-order chi connectivity index (χ1) is 15.6. The van der Waals surface area contributed by atoms with Crippen molar-refractivity contribution >= 4 is 5.91 Å². The molecule has 1 aromatic rings. The number of aromatic nitrogens is 2. The van der Waals surface area contributed by atoms with Crippen molar-refractivity contribution in [2.75, 3.05) is 19.6 Å². The van der Waals surface area contributed by atoms with Gasteiger partial charge in [0, 0.05) is 43.2 Å². The molecule has 0 bridgehead atoms. The van der Waals surface area contributed by atoms with Gasteiger partial charge in [0.25, 0.3) is 5.91 Å². The van der Waals surface area contributed by atoms with Crippen molar-refractivity contribution in [3.63, 3.8) is 0 Å². The molecule has 1 amide bonds. The van der Waals surface area contributed by atoms with Crippen LogP contribution < -0.4 is 5.32 Å². The van der Waals surface area contributed by atoms with Gasteiger partial charge >= 0.3 is 6.18 Å². The topological polar surface area (TPSA) is 58.1 Å². The molecule has 0 aromatic carbocycles. The predicted octanol–water partition coefficient (Wildman–Crippen LogP) is 4.70. The number of hydrogen-bond donors (Lipinski definition) is 1. The maximum atomic E-state index is 13.7. The number of halogens is 4. The lowest BCUT2D eigenvalue weighted by molar-refractivity contribution is -0.145. The standard InChI is InChI=1S/C24H28F4N4O/c1-14-3-4-15(2)21(20(14)16-5-6-16)22(33)29-13-19(32-9-7-18(25)8-10-32)17-11-30-23(31-12-17)24(26,27)28/h4,11-12,16,18-19H,1,3,5-10,13H2,2H3,(H,29,33). The van der Waals surface area contributed by atoms with Crippen molar-refractivity contribution in [2.45, 2.75) is 57.4 Å². The second kappa shape index (κ2) is 9.37. The van der Waals surface area contributed by atoms with Crippen LogP contribution in [0.4, 0.5) is 17.6 Å². The maximum Gasteiger partial charge on any atom is 0.451 e. The minimum absolute atomic E-state index is 0.158. The van der Waals surface area contributed by atoms with Crippen LogP contribution in [0.25, 0.3) is 0 Å². The Morgan fingerprint density at radius 2 is 1.85 bits per heavy atom. The zero-order chi connectivity index (χ0) is 23.8. The quantitative estimate of drug-likeness (QED) is 0.620. The molecule has 3 aliphatic rings. The van der Waals surface area contributed by atoms with Crippen LogP contribution in [-0.4, -0.2) is 46.6 Å². The molecule has 4 rings (SSSR count). The van der Waals surface area contributed by atoms with E-state index in [1.807, 2.05) is 17.9 Å². The Bertz CT molecular complexity index is 971. The van der Waals surface area contributed by atoms with Crippen molar-refractivity contribution in [3.05, 3.63) is 58.7 Å². The van der Waals surface area contributed by atoms with Gasteiger partial charge < -0.3 is 5.32 Å². The van der Waals surface area contributed by atoms with Crippen LogP contribution in [0, 0.1) is 5.92 Å². The molecule has 1 N–H and O–H groups in total. The highest BCUT2D eigenvalue weighted by atomic mass is 19.4. The lowest BCUT2D eigenvalue weighted by Gasteiger charge is -2.36. The summed E-state index contributed by atoms with van der Waals surface area (Å²) in [6, 6.07) is -0.454. The van der Waals surface area contributed by atoms with E-state index in [9.17, 15) is 22.4 Å². The molecule has 1 saturated heterocycles. The Morgan fingerprint density at radius 3 is 2.42 bits per heavy atom. The highest BCUT2D eigenvalue weighted by Gasteiger charge is 2.36. The largest absolute Gasteiger partial charge is 0.451 e. The summed E-state index contributed by atoms with van der Waals surface area (Å²) in [6.45, 7) is 7.09. The van der Waals surface area contributed by atoms with Crippen LogP contribution in [0.3, 0.4) is 0 Å². The molecule has 1 unspecified atom stereocenters. The summed E-state index contributed by atoms with van der Waals surface area (Å²) < 4.78 is 52.4. The van der Waals surface area contributed by atoms with Gasteiger partial charge in [0.2, 0.25) is 5.82 Å². The Morgan fingerprint density at radius 1 is 1.21 bits per heavy atom. The van der Waals surface area contributed by atoms with Crippen LogP contribution >= 0.6 is 0 Å². The highest BCUT2D eigenvalue weighted by molar-refractivity contribution is 6.00. The number of amides is 1. The van der Waals surface area contributed by atoms with Crippen LogP contribution in [-0.2, 0) is 11.0 Å². The van der Waals surface area contributed by atoms with E-state index in [2.05, 4.69) is 21.9 Å². The lowest BCUT2D eigenvalue weighted by Crippen LogP contribution is -2.43. The number of nitrogens with zero attached hydrogens (tertiary/aromatic N) is 3. The van der Waals surface area contributed by atoms with Crippen molar-refractivity contribution in [1.82, 2.24) is 20.2 Å². The summed E-state index contributed by atoms with van der Waals surface area (Å²) in [5, 5.41) is 2.98. The number of likely N-dealkylation sites (tertiary alicyclic amines) is 1. The van der Waals surface area contributed by atoms with Gasteiger partial charge in [-0.2, -0.15) is 13.2 Å². The van der Waals surface area contributed by atoms with E-state index in [1.165, 1.54) is 0 Å². The zero-order valence-corrected chi connectivity index (χ0v) is 18.6. The fraction of sp³-hybridized carbons (Fsp3) is 0.542. The third-order valence-electron chi connectivity index (χ3n) is 6.58. The van der Waals surface area contributed by atoms with E-state index in [1.54, 1.807) is 0 Å². The molecule has 1 aliphatic heterocycles. The first-order valence-corrected chi connectivity index (χ1v) is 11.3. The van der Waals surface area contributed by atoms with Gasteiger partial charge in [-0.3, -0.25) is 9.69 Å². The Labute approximate surface area is 190 Å². The van der Waals surface area contributed by atoms with E-state index in [0.717, 1.165) is 48.4 Å². The fourth-order valence-electron chi connectivity index (χ4n) is 4.62. The predicted molar refractivity (Wildman–Crippen MR) is 116 cm³/mol. The van der Waals surface area contributed by atoms with Gasteiger partial charge in [0.1, 0.15) is 6.17 Å². The Kier molecular flexibility index (Phi) is 6.70. The molecule has 1 saturated carbocycles. The second-order valence-electron chi connectivity index (χ2n) is 9.03. The molecular formula is C24H28F4N4O. The summed E-state index contributed by atoms with van der Waals surface area (Å²) >= 11 is 0. The number of allylic oxidation sites excluding steroid dienone is 3. The number of piperidine rings is 1. The van der Waals surface area contributed by atoms with E-state index >= 15 is 0 Å². The third-order valence-corrected chi connectivity index (χ3v) is 6.58. The Balaban J connectivity index is 1.55. The van der Waals surface area contributed by atoms with Gasteiger partial charge in [-0.25, -0.2) is 14.4 Å².